The first kappa shape index (κ1) is 40.1. The summed E-state index contributed by atoms with van der Waals surface area (Å²) in [5, 5.41) is 5.73. The van der Waals surface area contributed by atoms with Gasteiger partial charge < -0.3 is 39.3 Å². The van der Waals surface area contributed by atoms with Gasteiger partial charge in [0.05, 0.1) is 41.8 Å². The van der Waals surface area contributed by atoms with Crippen LogP contribution in [-0.4, -0.2) is 71.5 Å². The van der Waals surface area contributed by atoms with Crippen molar-refractivity contribution >= 4 is 42.8 Å². The zero-order valence-electron chi connectivity index (χ0n) is 29.5. The Morgan fingerprint density at radius 1 is 1.04 bits per heavy atom. The maximum atomic E-state index is 14.9. The number of benzene rings is 2. The molecule has 0 bridgehead atoms. The van der Waals surface area contributed by atoms with Gasteiger partial charge in [-0.05, 0) is 81.1 Å². The molecule has 2 heterocycles. The largest absolute Gasteiger partial charge is 0.494 e. The van der Waals surface area contributed by atoms with Crippen molar-refractivity contribution in [2.75, 3.05) is 31.3 Å². The van der Waals surface area contributed by atoms with Gasteiger partial charge in [0, 0.05) is 18.7 Å². The van der Waals surface area contributed by atoms with Crippen molar-refractivity contribution in [1.29, 1.82) is 0 Å². The van der Waals surface area contributed by atoms with Crippen LogP contribution in [0.25, 0.3) is 11.3 Å². The molecule has 1 saturated heterocycles. The number of carbonyl (C=O) groups excluding carboxylic acids is 4. The van der Waals surface area contributed by atoms with Crippen LogP contribution in [0.1, 0.15) is 86.6 Å². The topological polar surface area (TPSA) is 188 Å². The summed E-state index contributed by atoms with van der Waals surface area (Å²) in [5.41, 5.74) is 0.591. The van der Waals surface area contributed by atoms with E-state index in [-0.39, 0.29) is 53.4 Å². The molecule has 52 heavy (non-hydrogen) atoms. The van der Waals surface area contributed by atoms with Crippen LogP contribution in [0.2, 0.25) is 0 Å². The van der Waals surface area contributed by atoms with Crippen LogP contribution >= 0.6 is 7.60 Å². The lowest BCUT2D eigenvalue weighted by atomic mass is 9.90. The van der Waals surface area contributed by atoms with Gasteiger partial charge in [0.2, 0.25) is 12.3 Å². The Morgan fingerprint density at radius 2 is 1.79 bits per heavy atom. The van der Waals surface area contributed by atoms with E-state index in [4.69, 9.17) is 14.0 Å². The van der Waals surface area contributed by atoms with Gasteiger partial charge in [0.1, 0.15) is 17.3 Å². The summed E-state index contributed by atoms with van der Waals surface area (Å²) < 4.78 is 37.9. The van der Waals surface area contributed by atoms with E-state index in [0.29, 0.717) is 24.9 Å². The Hall–Kier alpha value is -4.72. The Kier molecular flexibility index (Phi) is 14.4. The number of carbonyl (C=O) groups is 4. The van der Waals surface area contributed by atoms with Gasteiger partial charge in [-0.1, -0.05) is 33.1 Å². The summed E-state index contributed by atoms with van der Waals surface area (Å²) in [7, 11) is -4.62. The fraction of sp³-hybridized carbons (Fsp3) is 0.444. The summed E-state index contributed by atoms with van der Waals surface area (Å²) >= 11 is 0. The highest BCUT2D eigenvalue weighted by Gasteiger charge is 2.34. The van der Waals surface area contributed by atoms with Crippen molar-refractivity contribution < 1.29 is 51.9 Å². The van der Waals surface area contributed by atoms with E-state index in [1.165, 1.54) is 42.5 Å². The van der Waals surface area contributed by atoms with E-state index in [1.54, 1.807) is 13.8 Å². The van der Waals surface area contributed by atoms with Gasteiger partial charge >= 0.3 is 13.6 Å². The second-order valence-corrected chi connectivity index (χ2v) is 14.0. The van der Waals surface area contributed by atoms with Crippen LogP contribution in [-0.2, 0) is 19.0 Å². The lowest BCUT2D eigenvalue weighted by molar-refractivity contribution is -0.171. The first-order chi connectivity index (χ1) is 24.9. The van der Waals surface area contributed by atoms with Crippen LogP contribution < -0.4 is 25.6 Å². The highest BCUT2D eigenvalue weighted by Crippen LogP contribution is 2.37. The quantitative estimate of drug-likeness (QED) is 0.0430. The summed E-state index contributed by atoms with van der Waals surface area (Å²) in [6.07, 6.45) is 5.16. The monoisotopic (exact) mass is 744 g/mol. The number of nitrogens with one attached hydrogen (secondary N) is 2. The molecule has 0 saturated carbocycles. The number of rotatable bonds is 19. The Bertz CT molecular complexity index is 1760. The maximum Gasteiger partial charge on any atom is 0.363 e. The van der Waals surface area contributed by atoms with Crippen molar-refractivity contribution in [3.05, 3.63) is 65.7 Å². The molecule has 282 valence electrons. The molecule has 14 nitrogen and oxygen atoms in total. The number of anilines is 1. The summed E-state index contributed by atoms with van der Waals surface area (Å²) in [4.78, 5) is 78.4. The first-order valence-corrected chi connectivity index (χ1v) is 19.0. The van der Waals surface area contributed by atoms with Crippen LogP contribution in [0, 0.1) is 11.7 Å². The zero-order valence-corrected chi connectivity index (χ0v) is 30.4. The van der Waals surface area contributed by atoms with Crippen LogP contribution in [0.15, 0.2) is 52.9 Å². The van der Waals surface area contributed by atoms with Gasteiger partial charge in [-0.3, -0.25) is 18.9 Å². The van der Waals surface area contributed by atoms with Gasteiger partial charge in [-0.2, -0.15) is 5.06 Å². The number of hydroxylamine groups is 2. The first-order valence-electron chi connectivity index (χ1n) is 17.4. The molecule has 0 spiro atoms. The average molecular weight is 745 g/mol. The number of furan rings is 1. The standard InChI is InChI=1S/C36H46FN4O10P/c1-4-7-8-11-28(30(5-2)41(23-42)51-36(45)24-12-13-31(29(37)20-24)40-16-9-10-17-40)34(43)38-22-39-35(44)33-15-14-32(50-33)25-18-26(49-6-3)21-27(19-25)52(46,47)48/h12-15,18-21,23,28,30H,4-11,16-17,22H2,1-3H3,(H,38,43)(H,39,44)(H2,46,47,48)/t28-,30-/m1/s1. The Morgan fingerprint density at radius 3 is 2.42 bits per heavy atom. The van der Waals surface area contributed by atoms with Crippen molar-refractivity contribution in [1.82, 2.24) is 15.7 Å². The number of ether oxygens (including phenoxy) is 1. The molecule has 0 unspecified atom stereocenters. The normalized spacial score (nSPS) is 14.0. The molecule has 0 aliphatic carbocycles. The number of amides is 3. The smallest absolute Gasteiger partial charge is 0.363 e. The van der Waals surface area contributed by atoms with E-state index in [2.05, 4.69) is 10.6 Å². The van der Waals surface area contributed by atoms with Crippen molar-refractivity contribution in [2.45, 2.75) is 71.8 Å². The molecule has 3 aromatic rings. The molecular weight excluding hydrogens is 698 g/mol. The predicted octanol–water partition coefficient (Wildman–Crippen LogP) is 4.90. The van der Waals surface area contributed by atoms with E-state index in [1.807, 2.05) is 11.8 Å². The molecule has 2 atom stereocenters. The fourth-order valence-corrected chi connectivity index (χ4v) is 6.71. The minimum atomic E-state index is -4.62. The third kappa shape index (κ3) is 10.4. The molecule has 3 amide bonds. The molecular formula is C36H46FN4O10P. The van der Waals surface area contributed by atoms with Gasteiger partial charge in [0.15, 0.2) is 5.76 Å². The molecule has 1 aromatic heterocycles. The van der Waals surface area contributed by atoms with Gasteiger partial charge in [-0.25, -0.2) is 9.18 Å². The van der Waals surface area contributed by atoms with E-state index < -0.39 is 43.2 Å². The lowest BCUT2D eigenvalue weighted by Crippen LogP contribution is -2.49. The molecule has 4 N–H and O–H groups in total. The van der Waals surface area contributed by atoms with Gasteiger partial charge in [-0.15, -0.1) is 0 Å². The molecule has 0 radical (unpaired) electrons. The van der Waals surface area contributed by atoms with Crippen molar-refractivity contribution in [3.8, 4) is 17.1 Å². The lowest BCUT2D eigenvalue weighted by Gasteiger charge is -2.31. The number of nitrogens with zero attached hydrogens (tertiary/aromatic N) is 2. The number of hydrogen-bond donors (Lipinski definition) is 4. The predicted molar refractivity (Wildman–Crippen MR) is 190 cm³/mol. The third-order valence-corrected chi connectivity index (χ3v) is 9.68. The van der Waals surface area contributed by atoms with E-state index >= 15 is 0 Å². The second-order valence-electron chi connectivity index (χ2n) is 12.4. The summed E-state index contributed by atoms with van der Waals surface area (Å²) in [5.74, 6) is -3.27. The SMILES string of the molecule is CCCCC[C@@H](C(=O)NCNC(=O)c1ccc(-c2cc(OCC)cc(P(=O)(O)O)c2)o1)[C@@H](CC)N(C=O)OC(=O)c1ccc(N2CCCC2)c(F)c1. The van der Waals surface area contributed by atoms with Crippen LogP contribution in [0.4, 0.5) is 10.1 Å². The van der Waals surface area contributed by atoms with Crippen molar-refractivity contribution in [2.24, 2.45) is 5.92 Å². The second kappa shape index (κ2) is 18.7. The molecule has 1 aliphatic heterocycles. The Labute approximate surface area is 301 Å². The van der Waals surface area contributed by atoms with Gasteiger partial charge in [0.25, 0.3) is 5.91 Å². The summed E-state index contributed by atoms with van der Waals surface area (Å²) in [6, 6.07) is 10.0. The molecule has 1 aliphatic rings. The highest BCUT2D eigenvalue weighted by atomic mass is 31.2. The zero-order chi connectivity index (χ0) is 37.8. The highest BCUT2D eigenvalue weighted by molar-refractivity contribution is 7.60. The van der Waals surface area contributed by atoms with E-state index in [9.17, 15) is 37.9 Å². The summed E-state index contributed by atoms with van der Waals surface area (Å²) in [6.45, 7) is 6.86. The molecule has 2 aromatic carbocycles. The Balaban J connectivity index is 1.41. The van der Waals surface area contributed by atoms with Crippen molar-refractivity contribution in [3.63, 3.8) is 0 Å². The average Bonchev–Trinajstić information content (AvgIpc) is 3.84. The fourth-order valence-electron chi connectivity index (χ4n) is 6.11. The number of unbranched alkanes of at least 4 members (excludes halogenated alkanes) is 2. The molecule has 1 fully saturated rings. The number of halogens is 1. The molecule has 4 rings (SSSR count). The number of hydrogen-bond acceptors (Lipinski definition) is 9. The third-order valence-electron chi connectivity index (χ3n) is 8.75. The maximum absolute atomic E-state index is 14.9. The minimum Gasteiger partial charge on any atom is -0.494 e. The molecule has 16 heteroatoms. The minimum absolute atomic E-state index is 0.0813. The van der Waals surface area contributed by atoms with E-state index in [0.717, 1.165) is 49.9 Å². The van der Waals surface area contributed by atoms with Crippen LogP contribution in [0.5, 0.6) is 5.75 Å². The van der Waals surface area contributed by atoms with Crippen LogP contribution in [0.3, 0.4) is 0 Å².